The Hall–Kier alpha value is -2.20. The van der Waals surface area contributed by atoms with Crippen molar-refractivity contribution in [3.63, 3.8) is 0 Å². The van der Waals surface area contributed by atoms with Crippen molar-refractivity contribution in [2.24, 2.45) is 11.8 Å². The lowest BCUT2D eigenvalue weighted by Gasteiger charge is -2.36. The number of aliphatic hydroxyl groups is 1. The van der Waals surface area contributed by atoms with Crippen LogP contribution in [0.5, 0.6) is 5.75 Å². The summed E-state index contributed by atoms with van der Waals surface area (Å²) in [5, 5.41) is 13.2. The smallest absolute Gasteiger partial charge is 0.258 e. The van der Waals surface area contributed by atoms with E-state index < -0.39 is 6.04 Å². The second-order valence-corrected chi connectivity index (χ2v) is 13.7. The molecule has 2 aliphatic rings. The van der Waals surface area contributed by atoms with E-state index in [0.717, 1.165) is 51.2 Å². The average Bonchev–Trinajstić information content (AvgIpc) is 2.98. The molecule has 4 atom stereocenters. The SMILES string of the molecule is C[C@@H]1CCCCO[C@@H](CN(C)CC2CCCCC2)[C@@H](C)CN([C@@H](C)CO)C(=O)c2cc(NC(=O)CCCN(C)C)ccc2O1. The first kappa shape index (κ1) is 36.3. The van der Waals surface area contributed by atoms with Gasteiger partial charge in [0.1, 0.15) is 5.75 Å². The zero-order valence-electron chi connectivity index (χ0n) is 28.4. The summed E-state index contributed by atoms with van der Waals surface area (Å²) in [4.78, 5) is 33.2. The second-order valence-electron chi connectivity index (χ2n) is 13.7. The van der Waals surface area contributed by atoms with Gasteiger partial charge in [-0.1, -0.05) is 26.2 Å². The summed E-state index contributed by atoms with van der Waals surface area (Å²) < 4.78 is 12.9. The number of likely N-dealkylation sites (N-methyl/N-ethyl adjacent to an activating group) is 1. The molecule has 0 spiro atoms. The number of hydrogen-bond donors (Lipinski definition) is 2. The molecule has 0 aromatic heterocycles. The van der Waals surface area contributed by atoms with Crippen molar-refractivity contribution in [1.29, 1.82) is 0 Å². The summed E-state index contributed by atoms with van der Waals surface area (Å²) in [6.45, 7) is 9.74. The number of amides is 2. The highest BCUT2D eigenvalue weighted by Gasteiger charge is 2.31. The molecule has 1 aliphatic heterocycles. The van der Waals surface area contributed by atoms with E-state index in [4.69, 9.17) is 9.47 Å². The molecule has 1 saturated carbocycles. The maximum absolute atomic E-state index is 14.3. The lowest BCUT2D eigenvalue weighted by Crippen LogP contribution is -2.47. The van der Waals surface area contributed by atoms with E-state index in [1.54, 1.807) is 23.1 Å². The third kappa shape index (κ3) is 12.0. The number of carbonyl (C=O) groups is 2. The molecule has 0 saturated heterocycles. The number of anilines is 1. The van der Waals surface area contributed by atoms with Crippen molar-refractivity contribution in [2.45, 2.75) is 103 Å². The molecule has 0 unspecified atom stereocenters. The topological polar surface area (TPSA) is 94.6 Å². The Morgan fingerprint density at radius 2 is 1.80 bits per heavy atom. The van der Waals surface area contributed by atoms with Crippen LogP contribution < -0.4 is 10.1 Å². The molecule has 44 heavy (non-hydrogen) atoms. The molecule has 250 valence electrons. The molecule has 1 aromatic carbocycles. The van der Waals surface area contributed by atoms with Gasteiger partial charge in [-0.15, -0.1) is 0 Å². The van der Waals surface area contributed by atoms with Gasteiger partial charge < -0.3 is 34.6 Å². The van der Waals surface area contributed by atoms with Crippen LogP contribution in [0.15, 0.2) is 18.2 Å². The van der Waals surface area contributed by atoms with Gasteiger partial charge in [0.2, 0.25) is 5.91 Å². The molecule has 0 radical (unpaired) electrons. The predicted molar refractivity (Wildman–Crippen MR) is 177 cm³/mol. The Morgan fingerprint density at radius 1 is 1.07 bits per heavy atom. The largest absolute Gasteiger partial charge is 0.490 e. The van der Waals surface area contributed by atoms with Crippen LogP contribution in [-0.2, 0) is 9.53 Å². The van der Waals surface area contributed by atoms with Gasteiger partial charge in [-0.25, -0.2) is 0 Å². The number of carbonyl (C=O) groups excluding carboxylic acids is 2. The number of rotatable bonds is 11. The summed E-state index contributed by atoms with van der Waals surface area (Å²) in [5.74, 6) is 1.01. The van der Waals surface area contributed by atoms with E-state index in [9.17, 15) is 14.7 Å². The van der Waals surface area contributed by atoms with Crippen molar-refractivity contribution < 1.29 is 24.2 Å². The van der Waals surface area contributed by atoms with E-state index in [2.05, 4.69) is 29.1 Å². The maximum atomic E-state index is 14.3. The highest BCUT2D eigenvalue weighted by atomic mass is 16.5. The zero-order valence-corrected chi connectivity index (χ0v) is 28.4. The van der Waals surface area contributed by atoms with Gasteiger partial charge in [0.25, 0.3) is 5.91 Å². The van der Waals surface area contributed by atoms with Gasteiger partial charge in [0.05, 0.1) is 30.4 Å². The first-order valence-corrected chi connectivity index (χ1v) is 17.0. The molecule has 0 bridgehead atoms. The molecule has 2 amide bonds. The quantitative estimate of drug-likeness (QED) is 0.350. The number of nitrogens with one attached hydrogen (secondary N) is 1. The van der Waals surface area contributed by atoms with Gasteiger partial charge in [0.15, 0.2) is 0 Å². The fourth-order valence-corrected chi connectivity index (χ4v) is 6.43. The summed E-state index contributed by atoms with van der Waals surface area (Å²) in [7, 11) is 6.17. The Morgan fingerprint density at radius 3 is 2.50 bits per heavy atom. The summed E-state index contributed by atoms with van der Waals surface area (Å²) in [5.41, 5.74) is 0.971. The third-order valence-electron chi connectivity index (χ3n) is 9.13. The lowest BCUT2D eigenvalue weighted by atomic mass is 9.89. The summed E-state index contributed by atoms with van der Waals surface area (Å²) in [6, 6.07) is 4.93. The molecule has 1 heterocycles. The van der Waals surface area contributed by atoms with Crippen LogP contribution in [0.2, 0.25) is 0 Å². The van der Waals surface area contributed by atoms with E-state index in [1.165, 1.54) is 32.1 Å². The van der Waals surface area contributed by atoms with E-state index in [-0.39, 0.29) is 36.5 Å². The van der Waals surface area contributed by atoms with E-state index in [0.29, 0.717) is 36.6 Å². The van der Waals surface area contributed by atoms with Gasteiger partial charge in [-0.3, -0.25) is 9.59 Å². The number of nitrogens with zero attached hydrogens (tertiary/aromatic N) is 3. The number of ether oxygens (including phenoxy) is 2. The number of fused-ring (bicyclic) bond motifs is 1. The Bertz CT molecular complexity index is 1010. The van der Waals surface area contributed by atoms with Crippen LogP contribution in [0.4, 0.5) is 5.69 Å². The summed E-state index contributed by atoms with van der Waals surface area (Å²) in [6.07, 6.45) is 10.4. The number of benzene rings is 1. The highest BCUT2D eigenvalue weighted by molar-refractivity contribution is 5.99. The average molecular weight is 617 g/mol. The molecular weight excluding hydrogens is 556 g/mol. The van der Waals surface area contributed by atoms with Crippen LogP contribution in [0.1, 0.15) is 95.3 Å². The fourth-order valence-electron chi connectivity index (χ4n) is 6.43. The van der Waals surface area contributed by atoms with Crippen molar-refractivity contribution in [1.82, 2.24) is 14.7 Å². The van der Waals surface area contributed by atoms with Crippen LogP contribution >= 0.6 is 0 Å². The maximum Gasteiger partial charge on any atom is 0.258 e. The van der Waals surface area contributed by atoms with Crippen molar-refractivity contribution in [3.05, 3.63) is 23.8 Å². The monoisotopic (exact) mass is 616 g/mol. The van der Waals surface area contributed by atoms with Crippen LogP contribution in [-0.4, -0.2) is 110 Å². The Labute approximate surface area is 266 Å². The van der Waals surface area contributed by atoms with E-state index >= 15 is 0 Å². The molecule has 1 aliphatic carbocycles. The number of aliphatic hydroxyl groups excluding tert-OH is 1. The molecular formula is C35H60N4O5. The van der Waals surface area contributed by atoms with Crippen molar-refractivity contribution in [2.75, 3.05) is 65.9 Å². The molecule has 2 N–H and O–H groups in total. The van der Waals surface area contributed by atoms with Gasteiger partial charge >= 0.3 is 0 Å². The molecule has 3 rings (SSSR count). The normalized spacial score (nSPS) is 23.6. The van der Waals surface area contributed by atoms with Gasteiger partial charge in [-0.05, 0) is 104 Å². The first-order valence-electron chi connectivity index (χ1n) is 17.0. The van der Waals surface area contributed by atoms with Crippen LogP contribution in [0.3, 0.4) is 0 Å². The summed E-state index contributed by atoms with van der Waals surface area (Å²) >= 11 is 0. The second kappa shape index (κ2) is 18.7. The number of hydrogen-bond acceptors (Lipinski definition) is 7. The molecule has 1 fully saturated rings. The van der Waals surface area contributed by atoms with Crippen LogP contribution in [0.25, 0.3) is 0 Å². The molecule has 9 heteroatoms. The lowest BCUT2D eigenvalue weighted by molar-refractivity contribution is -0.116. The van der Waals surface area contributed by atoms with Crippen molar-refractivity contribution >= 4 is 17.5 Å². The molecule has 1 aromatic rings. The zero-order chi connectivity index (χ0) is 32.1. The first-order chi connectivity index (χ1) is 21.1. The Balaban J connectivity index is 1.84. The van der Waals surface area contributed by atoms with Gasteiger partial charge in [0, 0.05) is 44.3 Å². The minimum absolute atomic E-state index is 0.0337. The highest BCUT2D eigenvalue weighted by Crippen LogP contribution is 2.29. The van der Waals surface area contributed by atoms with Crippen LogP contribution in [0, 0.1) is 11.8 Å². The minimum atomic E-state index is -0.395. The Kier molecular flexibility index (Phi) is 15.4. The van der Waals surface area contributed by atoms with E-state index in [1.807, 2.05) is 27.9 Å². The van der Waals surface area contributed by atoms with Gasteiger partial charge in [-0.2, -0.15) is 0 Å². The van der Waals surface area contributed by atoms with Crippen molar-refractivity contribution in [3.8, 4) is 5.75 Å². The molecule has 9 nitrogen and oxygen atoms in total. The third-order valence-corrected chi connectivity index (χ3v) is 9.13. The standard InChI is InChI=1S/C35H60N4O5/c1-26-22-39(27(2)25-40)35(42)31-21-30(36-34(41)16-12-19-37(4)5)17-18-32(31)44-28(3)13-10-11-20-43-33(26)24-38(6)23-29-14-8-7-9-15-29/h17-18,21,26-29,33,40H,7-16,19-20,22-25H2,1-6H3,(H,36,41)/t26-,27-,28+,33-/m0/s1. The fraction of sp³-hybridized carbons (Fsp3) is 0.771. The minimum Gasteiger partial charge on any atom is -0.490 e. The predicted octanol–water partition coefficient (Wildman–Crippen LogP) is 5.27.